The number of aromatic nitrogens is 1. The number of nitrogens with one attached hydrogen (secondary N) is 3. The zero-order valence-electron chi connectivity index (χ0n) is 20.8. The van der Waals surface area contributed by atoms with Crippen molar-refractivity contribution in [2.24, 2.45) is 0 Å². The Kier molecular flexibility index (Phi) is 6.44. The second-order valence-corrected chi connectivity index (χ2v) is 9.03. The van der Waals surface area contributed by atoms with Gasteiger partial charge in [-0.3, -0.25) is 9.59 Å². The molecule has 3 heterocycles. The summed E-state index contributed by atoms with van der Waals surface area (Å²) in [5, 5.41) is 5.77. The maximum Gasteiger partial charge on any atom is 0.292 e. The van der Waals surface area contributed by atoms with E-state index in [1.807, 2.05) is 45.0 Å². The van der Waals surface area contributed by atoms with Crippen LogP contribution in [-0.4, -0.2) is 30.1 Å². The van der Waals surface area contributed by atoms with Gasteiger partial charge in [-0.1, -0.05) is 6.92 Å². The van der Waals surface area contributed by atoms with Crippen LogP contribution in [0, 0.1) is 6.92 Å². The van der Waals surface area contributed by atoms with E-state index in [9.17, 15) is 9.59 Å². The Labute approximate surface area is 205 Å². The molecule has 0 radical (unpaired) electrons. The molecule has 1 aromatic carbocycles. The number of quaternary nitrogens is 1. The molecule has 0 fully saturated rings. The average molecular weight is 482 g/mol. The minimum atomic E-state index is -1.19. The third-order valence-corrected chi connectivity index (χ3v) is 6.80. The summed E-state index contributed by atoms with van der Waals surface area (Å²) >= 11 is 0. The fourth-order valence-corrected chi connectivity index (χ4v) is 4.84. The number of benzene rings is 1. The zero-order valence-corrected chi connectivity index (χ0v) is 20.8. The van der Waals surface area contributed by atoms with Gasteiger partial charge in [-0.15, -0.1) is 0 Å². The second kappa shape index (κ2) is 9.20. The van der Waals surface area contributed by atoms with Crippen LogP contribution >= 0.6 is 0 Å². The summed E-state index contributed by atoms with van der Waals surface area (Å²) in [6, 6.07) is 7.47. The van der Waals surface area contributed by atoms with Gasteiger partial charge in [-0.2, -0.15) is 10.0 Å². The third kappa shape index (κ3) is 3.88. The van der Waals surface area contributed by atoms with Crippen LogP contribution in [0.25, 0.3) is 0 Å². The maximum absolute atomic E-state index is 13.8. The molecule has 10 heteroatoms. The number of aryl methyl sites for hydroxylation is 1. The topological polar surface area (TPSA) is 128 Å². The summed E-state index contributed by atoms with van der Waals surface area (Å²) < 4.78 is 11.1. The molecule has 0 bridgehead atoms. The fraction of sp³-hybridized carbons (Fsp3) is 0.400. The van der Waals surface area contributed by atoms with Crippen LogP contribution in [0.3, 0.4) is 0 Å². The van der Waals surface area contributed by atoms with E-state index in [2.05, 4.69) is 28.0 Å². The number of hydrogen-bond donors (Lipinski definition) is 4. The first-order chi connectivity index (χ1) is 16.6. The molecule has 35 heavy (non-hydrogen) atoms. The van der Waals surface area contributed by atoms with E-state index in [-0.39, 0.29) is 23.2 Å². The summed E-state index contributed by atoms with van der Waals surface area (Å²) in [5.74, 6) is 1.16. The number of amides is 2. The van der Waals surface area contributed by atoms with Crippen LogP contribution in [0.5, 0.6) is 11.5 Å². The van der Waals surface area contributed by atoms with Crippen LogP contribution in [0.1, 0.15) is 50.9 Å². The Morgan fingerprint density at radius 3 is 2.71 bits per heavy atom. The fourth-order valence-electron chi connectivity index (χ4n) is 4.84. The molecular weight excluding hydrogens is 448 g/mol. The van der Waals surface area contributed by atoms with Gasteiger partial charge in [-0.05, 0) is 37.1 Å². The van der Waals surface area contributed by atoms with Crippen LogP contribution in [-0.2, 0) is 21.7 Å². The van der Waals surface area contributed by atoms with E-state index in [0.717, 1.165) is 23.2 Å². The first kappa shape index (κ1) is 24.5. The molecule has 0 saturated heterocycles. The van der Waals surface area contributed by atoms with Gasteiger partial charge in [0, 0.05) is 51.2 Å². The summed E-state index contributed by atoms with van der Waals surface area (Å²) in [4.78, 5) is 30.0. The van der Waals surface area contributed by atoms with E-state index >= 15 is 0 Å². The molecule has 1 aromatic heterocycles. The number of hydrogen-bond acceptors (Lipinski definition) is 7. The van der Waals surface area contributed by atoms with Crippen molar-refractivity contribution in [2.45, 2.75) is 53.1 Å². The molecule has 2 aromatic rings. The van der Waals surface area contributed by atoms with Crippen molar-refractivity contribution in [1.82, 2.24) is 25.6 Å². The van der Waals surface area contributed by atoms with Gasteiger partial charge in [0.25, 0.3) is 5.91 Å². The molecular formula is C25H33N6O4+. The predicted octanol–water partition coefficient (Wildman–Crippen LogP) is 2.47. The van der Waals surface area contributed by atoms with Crippen LogP contribution in [0.4, 0.5) is 11.5 Å². The van der Waals surface area contributed by atoms with E-state index in [1.165, 1.54) is 6.92 Å². The lowest BCUT2D eigenvalue weighted by atomic mass is 9.84. The standard InChI is InChI=1S/C25H32N6O4/c1-6-9-29-31(20-10-18(13-27-17(4)32)16(3)30-23(20)26)15(2)12-28-24(33)25(31,5)19-7-8-21-22(11-19)35-14-34-21/h7-8,10-12,29H,6,9,13-14H2,1-5H3,(H3-,26,27,28,30,32,33)/p+1. The van der Waals surface area contributed by atoms with E-state index in [0.29, 0.717) is 41.8 Å². The number of pyridine rings is 1. The maximum atomic E-state index is 13.8. The molecule has 0 aliphatic carbocycles. The monoisotopic (exact) mass is 481 g/mol. The van der Waals surface area contributed by atoms with Gasteiger partial charge in [0.05, 0.1) is 6.20 Å². The van der Waals surface area contributed by atoms with E-state index < -0.39 is 5.54 Å². The van der Waals surface area contributed by atoms with Gasteiger partial charge >= 0.3 is 0 Å². The lowest BCUT2D eigenvalue weighted by Gasteiger charge is -2.51. The minimum Gasteiger partial charge on any atom is -0.454 e. The first-order valence-electron chi connectivity index (χ1n) is 11.7. The van der Waals surface area contributed by atoms with Crippen LogP contribution in [0.2, 0.25) is 0 Å². The third-order valence-electron chi connectivity index (χ3n) is 6.80. The van der Waals surface area contributed by atoms with Crippen molar-refractivity contribution in [3.05, 3.63) is 53.0 Å². The minimum absolute atomic E-state index is 0.0709. The van der Waals surface area contributed by atoms with Gasteiger partial charge in [0.2, 0.25) is 23.9 Å². The quantitative estimate of drug-likeness (QED) is 0.447. The summed E-state index contributed by atoms with van der Waals surface area (Å²) in [6.45, 7) is 10.2. The van der Waals surface area contributed by atoms with Gasteiger partial charge in [0.15, 0.2) is 17.3 Å². The number of carbonyl (C=O) groups excluding carboxylic acids is 2. The van der Waals surface area contributed by atoms with Crippen LogP contribution in [0.15, 0.2) is 36.2 Å². The number of nitrogen functional groups attached to an aromatic ring is 1. The van der Waals surface area contributed by atoms with Crippen molar-refractivity contribution in [3.63, 3.8) is 0 Å². The lowest BCUT2D eigenvalue weighted by Crippen LogP contribution is -2.75. The Balaban J connectivity index is 1.99. The Bertz CT molecular complexity index is 1210. The average Bonchev–Trinajstić information content (AvgIpc) is 3.30. The van der Waals surface area contributed by atoms with Gasteiger partial charge in [0.1, 0.15) is 5.70 Å². The smallest absolute Gasteiger partial charge is 0.292 e. The summed E-state index contributed by atoms with van der Waals surface area (Å²) in [5.41, 5.74) is 12.7. The molecule has 2 aliphatic rings. The summed E-state index contributed by atoms with van der Waals surface area (Å²) in [6.07, 6.45) is 2.52. The van der Waals surface area contributed by atoms with Gasteiger partial charge < -0.3 is 25.8 Å². The predicted molar refractivity (Wildman–Crippen MR) is 133 cm³/mol. The lowest BCUT2D eigenvalue weighted by molar-refractivity contribution is -0.134. The number of fused-ring (bicyclic) bond motifs is 1. The van der Waals surface area contributed by atoms with Crippen molar-refractivity contribution in [3.8, 4) is 11.5 Å². The molecule has 186 valence electrons. The molecule has 2 unspecified atom stereocenters. The first-order valence-corrected chi connectivity index (χ1v) is 11.7. The highest BCUT2D eigenvalue weighted by molar-refractivity contribution is 5.93. The molecule has 2 atom stereocenters. The Hall–Kier alpha value is -3.63. The molecule has 2 aliphatic heterocycles. The highest BCUT2D eigenvalue weighted by Crippen LogP contribution is 2.48. The van der Waals surface area contributed by atoms with Crippen molar-refractivity contribution < 1.29 is 19.1 Å². The number of ether oxygens (including phenoxy) is 2. The molecule has 5 N–H and O–H groups in total. The molecule has 2 amide bonds. The summed E-state index contributed by atoms with van der Waals surface area (Å²) in [7, 11) is 0. The number of allylic oxidation sites excluding steroid dienone is 1. The van der Waals surface area contributed by atoms with Crippen LogP contribution < -0.4 is 35.9 Å². The van der Waals surface area contributed by atoms with E-state index in [1.54, 1.807) is 6.20 Å². The number of nitrogens with two attached hydrogens (primary N) is 1. The van der Waals surface area contributed by atoms with Crippen molar-refractivity contribution in [1.29, 1.82) is 0 Å². The van der Waals surface area contributed by atoms with Crippen molar-refractivity contribution in [2.75, 3.05) is 19.1 Å². The molecule has 4 rings (SSSR count). The number of rotatable bonds is 7. The normalized spacial score (nSPS) is 23.0. The molecule has 0 saturated carbocycles. The Morgan fingerprint density at radius 2 is 2.00 bits per heavy atom. The van der Waals surface area contributed by atoms with E-state index in [4.69, 9.17) is 15.2 Å². The number of carbonyl (C=O) groups is 2. The second-order valence-electron chi connectivity index (χ2n) is 9.03. The molecule has 10 nitrogen and oxygen atoms in total. The van der Waals surface area contributed by atoms with Crippen molar-refractivity contribution >= 4 is 23.3 Å². The highest BCUT2D eigenvalue weighted by Gasteiger charge is 2.61. The van der Waals surface area contributed by atoms with Gasteiger partial charge in [-0.25, -0.2) is 4.98 Å². The number of anilines is 1. The highest BCUT2D eigenvalue weighted by atomic mass is 16.7. The largest absolute Gasteiger partial charge is 0.454 e. The SMILES string of the molecule is CCCN[N+]1(c2cc(CNC(C)=O)c(C)nc2N)C(C)=CNC(=O)C1(C)c1ccc2c(c1)OCO2. The molecule has 0 spiro atoms. The zero-order chi connectivity index (χ0) is 25.4. The number of nitrogens with zero attached hydrogens (tertiary/aromatic N) is 2. The Morgan fingerprint density at radius 1 is 1.26 bits per heavy atom.